The molecule has 3 nitrogen and oxygen atoms in total. The predicted molar refractivity (Wildman–Crippen MR) is 78.3 cm³/mol. The van der Waals surface area contributed by atoms with Crippen molar-refractivity contribution in [1.82, 2.24) is 15.3 Å². The van der Waals surface area contributed by atoms with Crippen LogP contribution in [0.25, 0.3) is 0 Å². The molecule has 1 N–H and O–H groups in total. The van der Waals surface area contributed by atoms with E-state index in [-0.39, 0.29) is 6.04 Å². The molecule has 2 rings (SSSR count). The lowest BCUT2D eigenvalue weighted by Crippen LogP contribution is -2.24. The molecule has 1 unspecified atom stereocenters. The molecule has 1 atom stereocenters. The summed E-state index contributed by atoms with van der Waals surface area (Å²) in [6.45, 7) is 5.00. The van der Waals surface area contributed by atoms with E-state index in [1.807, 2.05) is 13.0 Å². The molecule has 0 radical (unpaired) electrons. The van der Waals surface area contributed by atoms with E-state index in [2.05, 4.69) is 34.3 Å². The van der Waals surface area contributed by atoms with Crippen LogP contribution in [-0.2, 0) is 6.42 Å². The van der Waals surface area contributed by atoms with Crippen molar-refractivity contribution in [3.63, 3.8) is 0 Å². The van der Waals surface area contributed by atoms with Crippen molar-refractivity contribution in [2.45, 2.75) is 26.3 Å². The Morgan fingerprint density at radius 3 is 2.79 bits per heavy atom. The largest absolute Gasteiger partial charge is 0.309 e. The van der Waals surface area contributed by atoms with Crippen molar-refractivity contribution in [3.8, 4) is 0 Å². The highest BCUT2D eigenvalue weighted by Crippen LogP contribution is 2.23. The van der Waals surface area contributed by atoms with E-state index in [9.17, 15) is 0 Å². The van der Waals surface area contributed by atoms with Gasteiger partial charge >= 0.3 is 0 Å². The summed E-state index contributed by atoms with van der Waals surface area (Å²) in [6, 6.07) is 6.30. The number of halogens is 1. The van der Waals surface area contributed by atoms with E-state index in [4.69, 9.17) is 11.6 Å². The van der Waals surface area contributed by atoms with Gasteiger partial charge in [-0.25, -0.2) is 0 Å². The van der Waals surface area contributed by atoms with Crippen LogP contribution in [0.3, 0.4) is 0 Å². The third-order valence-electron chi connectivity index (χ3n) is 3.02. The number of hydrogen-bond acceptors (Lipinski definition) is 3. The molecule has 0 bridgehead atoms. The van der Waals surface area contributed by atoms with Gasteiger partial charge in [-0.2, -0.15) is 0 Å². The molecule has 1 aromatic heterocycles. The summed E-state index contributed by atoms with van der Waals surface area (Å²) >= 11 is 6.30. The summed E-state index contributed by atoms with van der Waals surface area (Å²) in [6.07, 6.45) is 6.02. The summed E-state index contributed by atoms with van der Waals surface area (Å²) in [5.74, 6) is 0. The monoisotopic (exact) mass is 275 g/mol. The van der Waals surface area contributed by atoms with Crippen LogP contribution in [0.2, 0.25) is 5.02 Å². The van der Waals surface area contributed by atoms with Crippen LogP contribution in [0.1, 0.15) is 29.8 Å². The van der Waals surface area contributed by atoms with E-state index in [0.29, 0.717) is 0 Å². The Hall–Kier alpha value is -1.45. The number of aromatic nitrogens is 2. The standard InChI is InChI=1S/C15H18ClN3/c1-3-18-14(15-10-17-6-7-19-15)9-12-5-4-11(2)8-13(12)16/h4-8,10,14,18H,3,9H2,1-2H3. The summed E-state index contributed by atoms with van der Waals surface area (Å²) < 4.78 is 0. The number of hydrogen-bond donors (Lipinski definition) is 1. The summed E-state index contributed by atoms with van der Waals surface area (Å²) in [5, 5.41) is 4.24. The van der Waals surface area contributed by atoms with Gasteiger partial charge in [0.2, 0.25) is 0 Å². The third-order valence-corrected chi connectivity index (χ3v) is 3.38. The molecule has 1 aromatic carbocycles. The highest BCUT2D eigenvalue weighted by atomic mass is 35.5. The number of aryl methyl sites for hydroxylation is 1. The summed E-state index contributed by atoms with van der Waals surface area (Å²) in [5.41, 5.74) is 3.25. The van der Waals surface area contributed by atoms with Crippen LogP contribution in [0.5, 0.6) is 0 Å². The Bertz CT molecular complexity index is 528. The van der Waals surface area contributed by atoms with Gasteiger partial charge in [0.1, 0.15) is 0 Å². The summed E-state index contributed by atoms with van der Waals surface area (Å²) in [4.78, 5) is 8.50. The first-order chi connectivity index (χ1) is 9.20. The van der Waals surface area contributed by atoms with Crippen molar-refractivity contribution in [2.24, 2.45) is 0 Å². The van der Waals surface area contributed by atoms with Crippen molar-refractivity contribution in [1.29, 1.82) is 0 Å². The molecule has 0 fully saturated rings. The van der Waals surface area contributed by atoms with Gasteiger partial charge < -0.3 is 5.32 Å². The van der Waals surface area contributed by atoms with Crippen molar-refractivity contribution in [2.75, 3.05) is 6.54 Å². The zero-order chi connectivity index (χ0) is 13.7. The molecular weight excluding hydrogens is 258 g/mol. The third kappa shape index (κ3) is 3.75. The lowest BCUT2D eigenvalue weighted by Gasteiger charge is -2.18. The van der Waals surface area contributed by atoms with E-state index >= 15 is 0 Å². The van der Waals surface area contributed by atoms with E-state index in [0.717, 1.165) is 29.2 Å². The zero-order valence-corrected chi connectivity index (χ0v) is 12.0. The summed E-state index contributed by atoms with van der Waals surface area (Å²) in [7, 11) is 0. The minimum atomic E-state index is 0.138. The number of likely N-dealkylation sites (N-methyl/N-ethyl adjacent to an activating group) is 1. The van der Waals surface area contributed by atoms with Crippen molar-refractivity contribution in [3.05, 3.63) is 58.6 Å². The Balaban J connectivity index is 2.21. The molecule has 0 saturated heterocycles. The minimum absolute atomic E-state index is 0.138. The molecule has 0 saturated carbocycles. The van der Waals surface area contributed by atoms with Gasteiger partial charge in [-0.1, -0.05) is 30.7 Å². The SMILES string of the molecule is CCNC(Cc1ccc(C)cc1Cl)c1cnccn1. The Morgan fingerprint density at radius 1 is 1.32 bits per heavy atom. The first-order valence-electron chi connectivity index (χ1n) is 6.45. The second-order valence-electron chi connectivity index (χ2n) is 4.54. The van der Waals surface area contributed by atoms with Gasteiger partial charge in [0.25, 0.3) is 0 Å². The fraction of sp³-hybridized carbons (Fsp3) is 0.333. The number of benzene rings is 1. The highest BCUT2D eigenvalue weighted by Gasteiger charge is 2.14. The lowest BCUT2D eigenvalue weighted by molar-refractivity contribution is 0.534. The molecule has 0 aliphatic heterocycles. The molecule has 4 heteroatoms. The maximum atomic E-state index is 6.30. The quantitative estimate of drug-likeness (QED) is 0.909. The molecule has 19 heavy (non-hydrogen) atoms. The van der Waals surface area contributed by atoms with Crippen LogP contribution >= 0.6 is 11.6 Å². The van der Waals surface area contributed by atoms with Gasteiger partial charge in [0, 0.05) is 23.6 Å². The number of nitrogens with zero attached hydrogens (tertiary/aromatic N) is 2. The fourth-order valence-corrected chi connectivity index (χ4v) is 2.37. The Morgan fingerprint density at radius 2 is 2.16 bits per heavy atom. The smallest absolute Gasteiger partial charge is 0.0759 e. The van der Waals surface area contributed by atoms with E-state index < -0.39 is 0 Å². The number of nitrogens with one attached hydrogen (secondary N) is 1. The van der Waals surface area contributed by atoms with E-state index in [1.165, 1.54) is 5.56 Å². The molecule has 1 heterocycles. The average molecular weight is 276 g/mol. The second-order valence-corrected chi connectivity index (χ2v) is 4.95. The molecule has 100 valence electrons. The van der Waals surface area contributed by atoms with Gasteiger partial charge in [-0.3, -0.25) is 9.97 Å². The van der Waals surface area contributed by atoms with Crippen LogP contribution in [0.15, 0.2) is 36.8 Å². The lowest BCUT2D eigenvalue weighted by atomic mass is 10.0. The maximum Gasteiger partial charge on any atom is 0.0759 e. The van der Waals surface area contributed by atoms with Crippen LogP contribution in [-0.4, -0.2) is 16.5 Å². The average Bonchev–Trinajstić information content (AvgIpc) is 2.42. The van der Waals surface area contributed by atoms with Crippen molar-refractivity contribution < 1.29 is 0 Å². The normalized spacial score (nSPS) is 12.4. The van der Waals surface area contributed by atoms with Gasteiger partial charge in [-0.15, -0.1) is 0 Å². The van der Waals surface area contributed by atoms with Gasteiger partial charge in [0.05, 0.1) is 11.7 Å². The van der Waals surface area contributed by atoms with Gasteiger partial charge in [-0.05, 0) is 37.1 Å². The minimum Gasteiger partial charge on any atom is -0.309 e. The van der Waals surface area contributed by atoms with Crippen molar-refractivity contribution >= 4 is 11.6 Å². The van der Waals surface area contributed by atoms with Gasteiger partial charge in [0.15, 0.2) is 0 Å². The molecule has 2 aromatic rings. The molecule has 0 aliphatic carbocycles. The Kier molecular flexibility index (Phi) is 4.88. The fourth-order valence-electron chi connectivity index (χ4n) is 2.06. The van der Waals surface area contributed by atoms with E-state index in [1.54, 1.807) is 18.6 Å². The Labute approximate surface area is 119 Å². The zero-order valence-electron chi connectivity index (χ0n) is 11.2. The first kappa shape index (κ1) is 14.0. The topological polar surface area (TPSA) is 37.8 Å². The molecule has 0 aliphatic rings. The molecule has 0 amide bonds. The first-order valence-corrected chi connectivity index (χ1v) is 6.83. The predicted octanol–water partition coefficient (Wildman–Crippen LogP) is 3.33. The maximum absolute atomic E-state index is 6.30. The van der Waals surface area contributed by atoms with Crippen LogP contribution < -0.4 is 5.32 Å². The van der Waals surface area contributed by atoms with Crippen LogP contribution in [0, 0.1) is 6.92 Å². The van der Waals surface area contributed by atoms with Crippen LogP contribution in [0.4, 0.5) is 0 Å². The second kappa shape index (κ2) is 6.64. The highest BCUT2D eigenvalue weighted by molar-refractivity contribution is 6.31. The molecular formula is C15H18ClN3. The number of rotatable bonds is 5. The molecule has 0 spiro atoms.